The van der Waals surface area contributed by atoms with Crippen molar-refractivity contribution in [3.63, 3.8) is 0 Å². The minimum Gasteiger partial charge on any atom is -0.493 e. The molecule has 4 heteroatoms. The van der Waals surface area contributed by atoms with Crippen LogP contribution in [0.25, 0.3) is 0 Å². The van der Waals surface area contributed by atoms with Crippen LogP contribution in [0.5, 0.6) is 11.5 Å². The van der Waals surface area contributed by atoms with Gasteiger partial charge in [-0.3, -0.25) is 10.3 Å². The Morgan fingerprint density at radius 1 is 1.11 bits per heavy atom. The summed E-state index contributed by atoms with van der Waals surface area (Å²) in [5.74, 6) is 1.47. The first-order chi connectivity index (χ1) is 9.29. The quantitative estimate of drug-likeness (QED) is 0.809. The van der Waals surface area contributed by atoms with Gasteiger partial charge in [0, 0.05) is 18.9 Å². The van der Waals surface area contributed by atoms with Gasteiger partial charge in [-0.1, -0.05) is 12.1 Å². The van der Waals surface area contributed by atoms with E-state index >= 15 is 0 Å². The number of hydrogen-bond donors (Lipinski definition) is 1. The molecule has 1 heterocycles. The monoisotopic (exact) mass is 258 g/mol. The van der Waals surface area contributed by atoms with Gasteiger partial charge in [-0.05, 0) is 36.8 Å². The molecule has 1 unspecified atom stereocenters. The maximum Gasteiger partial charge on any atom is 0.163 e. The molecule has 4 nitrogen and oxygen atoms in total. The Morgan fingerprint density at radius 3 is 2.47 bits per heavy atom. The number of para-hydroxylation sites is 2. The summed E-state index contributed by atoms with van der Waals surface area (Å²) in [6, 6.07) is 11.6. The lowest BCUT2D eigenvalue weighted by molar-refractivity contribution is 0.174. The zero-order chi connectivity index (χ0) is 13.5. The van der Waals surface area contributed by atoms with Crippen molar-refractivity contribution in [2.75, 3.05) is 7.11 Å². The first kappa shape index (κ1) is 13.4. The molecule has 0 aliphatic rings. The van der Waals surface area contributed by atoms with E-state index in [2.05, 4.69) is 10.3 Å². The van der Waals surface area contributed by atoms with Crippen LogP contribution in [-0.4, -0.2) is 18.3 Å². The highest BCUT2D eigenvalue weighted by atomic mass is 16.5. The predicted molar refractivity (Wildman–Crippen MR) is 74.2 cm³/mol. The van der Waals surface area contributed by atoms with Gasteiger partial charge in [-0.25, -0.2) is 0 Å². The van der Waals surface area contributed by atoms with Crippen LogP contribution in [0.15, 0.2) is 48.8 Å². The summed E-state index contributed by atoms with van der Waals surface area (Å²) in [4.78, 5) is 3.99. The molecular weight excluding hydrogens is 240 g/mol. The molecule has 0 aliphatic carbocycles. The standard InChI is InChI=1S/C15H18N2O2/c1-12(17-11-13-7-9-16-10-8-13)19-15-6-4-3-5-14(15)18-2/h3-10,12,17H,11H2,1-2H3. The molecule has 1 atom stereocenters. The van der Waals surface area contributed by atoms with E-state index < -0.39 is 0 Å². The summed E-state index contributed by atoms with van der Waals surface area (Å²) in [5, 5.41) is 3.29. The molecule has 1 aromatic carbocycles. The highest BCUT2D eigenvalue weighted by Crippen LogP contribution is 2.26. The lowest BCUT2D eigenvalue weighted by Crippen LogP contribution is -2.31. The third-order valence-corrected chi connectivity index (χ3v) is 2.72. The molecule has 0 aliphatic heterocycles. The fraction of sp³-hybridized carbons (Fsp3) is 0.267. The average molecular weight is 258 g/mol. The molecule has 0 amide bonds. The molecule has 0 saturated heterocycles. The van der Waals surface area contributed by atoms with Gasteiger partial charge >= 0.3 is 0 Å². The topological polar surface area (TPSA) is 43.4 Å². The van der Waals surface area contributed by atoms with E-state index in [4.69, 9.17) is 9.47 Å². The number of benzene rings is 1. The van der Waals surface area contributed by atoms with Gasteiger partial charge in [0.05, 0.1) is 7.11 Å². The Balaban J connectivity index is 1.89. The summed E-state index contributed by atoms with van der Waals surface area (Å²) in [6.07, 6.45) is 3.45. The molecule has 0 fully saturated rings. The minimum absolute atomic E-state index is 0.107. The molecule has 100 valence electrons. The van der Waals surface area contributed by atoms with Gasteiger partial charge in [-0.2, -0.15) is 0 Å². The lowest BCUT2D eigenvalue weighted by Gasteiger charge is -2.18. The van der Waals surface area contributed by atoms with E-state index in [0.717, 1.165) is 18.0 Å². The number of methoxy groups -OCH3 is 1. The van der Waals surface area contributed by atoms with Crippen LogP contribution >= 0.6 is 0 Å². The fourth-order valence-corrected chi connectivity index (χ4v) is 1.71. The normalized spacial score (nSPS) is 11.9. The van der Waals surface area contributed by atoms with Crippen LogP contribution in [0, 0.1) is 0 Å². The molecular formula is C15H18N2O2. The van der Waals surface area contributed by atoms with Crippen molar-refractivity contribution in [1.82, 2.24) is 10.3 Å². The number of nitrogens with zero attached hydrogens (tertiary/aromatic N) is 1. The van der Waals surface area contributed by atoms with E-state index in [1.54, 1.807) is 19.5 Å². The van der Waals surface area contributed by atoms with Crippen molar-refractivity contribution < 1.29 is 9.47 Å². The average Bonchev–Trinajstić information content (AvgIpc) is 2.47. The van der Waals surface area contributed by atoms with E-state index in [9.17, 15) is 0 Å². The van der Waals surface area contributed by atoms with E-state index in [1.165, 1.54) is 5.56 Å². The Hall–Kier alpha value is -2.07. The lowest BCUT2D eigenvalue weighted by atomic mass is 10.3. The maximum absolute atomic E-state index is 5.81. The van der Waals surface area contributed by atoms with Crippen LogP contribution < -0.4 is 14.8 Å². The predicted octanol–water partition coefficient (Wildman–Crippen LogP) is 2.60. The minimum atomic E-state index is -0.107. The number of aromatic nitrogens is 1. The zero-order valence-corrected chi connectivity index (χ0v) is 11.2. The van der Waals surface area contributed by atoms with Crippen LogP contribution in [0.3, 0.4) is 0 Å². The second-order valence-corrected chi connectivity index (χ2v) is 4.15. The second kappa shape index (κ2) is 6.75. The Labute approximate surface area is 113 Å². The van der Waals surface area contributed by atoms with Crippen molar-refractivity contribution in [1.29, 1.82) is 0 Å². The maximum atomic E-state index is 5.81. The van der Waals surface area contributed by atoms with Gasteiger partial charge in [0.15, 0.2) is 11.5 Å². The third-order valence-electron chi connectivity index (χ3n) is 2.72. The smallest absolute Gasteiger partial charge is 0.163 e. The van der Waals surface area contributed by atoms with Gasteiger partial charge in [0.1, 0.15) is 6.23 Å². The van der Waals surface area contributed by atoms with Crippen molar-refractivity contribution in [3.8, 4) is 11.5 Å². The molecule has 19 heavy (non-hydrogen) atoms. The Morgan fingerprint density at radius 2 is 1.79 bits per heavy atom. The van der Waals surface area contributed by atoms with E-state index in [1.807, 2.05) is 43.3 Å². The van der Waals surface area contributed by atoms with Crippen LogP contribution in [0.4, 0.5) is 0 Å². The Bertz CT molecular complexity index is 503. The number of pyridine rings is 1. The number of rotatable bonds is 6. The molecule has 2 rings (SSSR count). The molecule has 0 saturated carbocycles. The van der Waals surface area contributed by atoms with Crippen LogP contribution in [0.1, 0.15) is 12.5 Å². The molecule has 1 N–H and O–H groups in total. The van der Waals surface area contributed by atoms with Gasteiger partial charge in [0.2, 0.25) is 0 Å². The molecule has 0 bridgehead atoms. The first-order valence-corrected chi connectivity index (χ1v) is 6.21. The van der Waals surface area contributed by atoms with Crippen molar-refractivity contribution >= 4 is 0 Å². The fourth-order valence-electron chi connectivity index (χ4n) is 1.71. The van der Waals surface area contributed by atoms with Crippen molar-refractivity contribution in [3.05, 3.63) is 54.4 Å². The van der Waals surface area contributed by atoms with Crippen molar-refractivity contribution in [2.24, 2.45) is 0 Å². The SMILES string of the molecule is COc1ccccc1OC(C)NCc1ccncc1. The van der Waals surface area contributed by atoms with Crippen molar-refractivity contribution in [2.45, 2.75) is 19.7 Å². The van der Waals surface area contributed by atoms with Gasteiger partial charge in [0.25, 0.3) is 0 Å². The van der Waals surface area contributed by atoms with Crippen LogP contribution in [0.2, 0.25) is 0 Å². The van der Waals surface area contributed by atoms with Gasteiger partial charge < -0.3 is 9.47 Å². The number of hydrogen-bond acceptors (Lipinski definition) is 4. The largest absolute Gasteiger partial charge is 0.493 e. The molecule has 0 radical (unpaired) electrons. The number of nitrogens with one attached hydrogen (secondary N) is 1. The van der Waals surface area contributed by atoms with E-state index in [-0.39, 0.29) is 6.23 Å². The summed E-state index contributed by atoms with van der Waals surface area (Å²) >= 11 is 0. The number of ether oxygens (including phenoxy) is 2. The summed E-state index contributed by atoms with van der Waals surface area (Å²) in [5.41, 5.74) is 1.17. The summed E-state index contributed by atoms with van der Waals surface area (Å²) in [7, 11) is 1.64. The van der Waals surface area contributed by atoms with Crippen LogP contribution in [-0.2, 0) is 6.54 Å². The molecule has 0 spiro atoms. The Kier molecular flexibility index (Phi) is 4.75. The zero-order valence-electron chi connectivity index (χ0n) is 11.2. The highest BCUT2D eigenvalue weighted by molar-refractivity contribution is 5.39. The summed E-state index contributed by atoms with van der Waals surface area (Å²) < 4.78 is 11.1. The second-order valence-electron chi connectivity index (χ2n) is 4.15. The summed E-state index contributed by atoms with van der Waals surface area (Å²) in [6.45, 7) is 2.70. The van der Waals surface area contributed by atoms with Gasteiger partial charge in [-0.15, -0.1) is 0 Å². The molecule has 1 aromatic heterocycles. The molecule has 2 aromatic rings. The third kappa shape index (κ3) is 3.96. The van der Waals surface area contributed by atoms with E-state index in [0.29, 0.717) is 0 Å². The highest BCUT2D eigenvalue weighted by Gasteiger charge is 2.07. The first-order valence-electron chi connectivity index (χ1n) is 6.21.